The number of rotatable bonds is 4. The number of ether oxygens (including phenoxy) is 1. The first-order valence-corrected chi connectivity index (χ1v) is 11.7. The fraction of sp³-hybridized carbons (Fsp3) is 0.727. The van der Waals surface area contributed by atoms with Crippen LogP contribution in [0.1, 0.15) is 44.6 Å². The fourth-order valence-corrected chi connectivity index (χ4v) is 5.00. The summed E-state index contributed by atoms with van der Waals surface area (Å²) in [6.45, 7) is 3.23. The quantitative estimate of drug-likeness (QED) is 0.681. The molecule has 0 atom stereocenters. The molecular formula is C22H32N6O4. The van der Waals surface area contributed by atoms with Crippen molar-refractivity contribution in [1.29, 1.82) is 0 Å². The van der Waals surface area contributed by atoms with Gasteiger partial charge in [0.25, 0.3) is 11.6 Å². The summed E-state index contributed by atoms with van der Waals surface area (Å²) >= 11 is 0. The van der Waals surface area contributed by atoms with E-state index in [1.165, 1.54) is 11.6 Å². The van der Waals surface area contributed by atoms with E-state index in [2.05, 4.69) is 16.9 Å². The molecule has 3 aliphatic rings. The Balaban J connectivity index is 1.47. The van der Waals surface area contributed by atoms with Gasteiger partial charge >= 0.3 is 5.69 Å². The van der Waals surface area contributed by atoms with Gasteiger partial charge in [0.15, 0.2) is 11.2 Å². The van der Waals surface area contributed by atoms with Gasteiger partial charge in [-0.15, -0.1) is 0 Å². The minimum Gasteiger partial charge on any atom is -0.461 e. The number of piperidine rings is 2. The van der Waals surface area contributed by atoms with E-state index >= 15 is 0 Å². The van der Waals surface area contributed by atoms with Gasteiger partial charge in [0.05, 0.1) is 0 Å². The Morgan fingerprint density at radius 3 is 2.19 bits per heavy atom. The van der Waals surface area contributed by atoms with Crippen LogP contribution in [0, 0.1) is 5.92 Å². The van der Waals surface area contributed by atoms with E-state index in [9.17, 15) is 14.4 Å². The molecule has 5 rings (SSSR count). The van der Waals surface area contributed by atoms with Crippen LogP contribution in [0.25, 0.3) is 11.2 Å². The molecule has 2 aliphatic heterocycles. The topological polar surface area (TPSA) is 94.6 Å². The standard InChI is InChI=1S/C22H32N6O4/c1-24-10-6-15(7-11-24)28-17-18(25(2)22(31)26(3)20(17)30)23-21(28)32-16-8-12-27(13-9-16)19(29)14-4-5-14/h14-16H,4-13H2,1-3H3. The number of amides is 1. The molecule has 10 heteroatoms. The van der Waals surface area contributed by atoms with Crippen LogP contribution in [0.4, 0.5) is 0 Å². The maximum Gasteiger partial charge on any atom is 0.332 e. The number of fused-ring (bicyclic) bond motifs is 1. The maximum atomic E-state index is 13.1. The number of carbonyl (C=O) groups excluding carboxylic acids is 1. The lowest BCUT2D eigenvalue weighted by atomic mass is 10.1. The van der Waals surface area contributed by atoms with Gasteiger partial charge < -0.3 is 14.5 Å². The lowest BCUT2D eigenvalue weighted by Gasteiger charge is -2.33. The molecule has 2 aromatic heterocycles. The van der Waals surface area contributed by atoms with E-state index < -0.39 is 5.69 Å². The molecule has 0 unspecified atom stereocenters. The molecule has 3 fully saturated rings. The average molecular weight is 445 g/mol. The number of hydrogen-bond acceptors (Lipinski definition) is 6. The van der Waals surface area contributed by atoms with Crippen molar-refractivity contribution in [2.45, 2.75) is 50.7 Å². The normalized spacial score (nSPS) is 21.4. The Morgan fingerprint density at radius 2 is 1.56 bits per heavy atom. The van der Waals surface area contributed by atoms with Gasteiger partial charge in [-0.1, -0.05) is 0 Å². The van der Waals surface area contributed by atoms with Gasteiger partial charge in [0.2, 0.25) is 5.91 Å². The molecule has 4 heterocycles. The van der Waals surface area contributed by atoms with Crippen LogP contribution in [0.2, 0.25) is 0 Å². The van der Waals surface area contributed by atoms with E-state index in [0.29, 0.717) is 30.3 Å². The zero-order chi connectivity index (χ0) is 22.6. The van der Waals surface area contributed by atoms with Crippen LogP contribution in [0.3, 0.4) is 0 Å². The minimum absolute atomic E-state index is 0.0686. The lowest BCUT2D eigenvalue weighted by Crippen LogP contribution is -2.42. The molecule has 0 N–H and O–H groups in total. The zero-order valence-corrected chi connectivity index (χ0v) is 19.1. The van der Waals surface area contributed by atoms with E-state index in [1.807, 2.05) is 9.47 Å². The SMILES string of the molecule is CN1CCC(n2c(OC3CCN(C(=O)C4CC4)CC3)nc3c2c(=O)n(C)c(=O)n3C)CC1. The second kappa shape index (κ2) is 8.06. The predicted octanol–water partition coefficient (Wildman–Crippen LogP) is 0.480. The largest absolute Gasteiger partial charge is 0.461 e. The maximum absolute atomic E-state index is 13.1. The van der Waals surface area contributed by atoms with Crippen LogP contribution in [0.15, 0.2) is 9.59 Å². The van der Waals surface area contributed by atoms with Gasteiger partial charge in [-0.3, -0.25) is 23.3 Å². The zero-order valence-electron chi connectivity index (χ0n) is 19.1. The van der Waals surface area contributed by atoms with Crippen molar-refractivity contribution in [2.24, 2.45) is 20.0 Å². The molecular weight excluding hydrogens is 412 g/mol. The van der Waals surface area contributed by atoms with Crippen molar-refractivity contribution >= 4 is 17.1 Å². The second-order valence-corrected chi connectivity index (χ2v) is 9.59. The molecule has 2 aromatic rings. The third-order valence-electron chi connectivity index (χ3n) is 7.26. The van der Waals surface area contributed by atoms with E-state index in [0.717, 1.165) is 56.2 Å². The van der Waals surface area contributed by atoms with Crippen LogP contribution in [0.5, 0.6) is 6.01 Å². The highest BCUT2D eigenvalue weighted by molar-refractivity contribution is 5.81. The van der Waals surface area contributed by atoms with Crippen molar-refractivity contribution in [2.75, 3.05) is 33.2 Å². The molecule has 0 bridgehead atoms. The Kier molecular flexibility index (Phi) is 5.35. The van der Waals surface area contributed by atoms with E-state index in [4.69, 9.17) is 4.74 Å². The third kappa shape index (κ3) is 3.64. The monoisotopic (exact) mass is 444 g/mol. The average Bonchev–Trinajstić information content (AvgIpc) is 3.58. The van der Waals surface area contributed by atoms with E-state index in [1.54, 1.807) is 7.05 Å². The summed E-state index contributed by atoms with van der Waals surface area (Å²) in [7, 11) is 5.24. The van der Waals surface area contributed by atoms with Crippen molar-refractivity contribution in [3.63, 3.8) is 0 Å². The summed E-state index contributed by atoms with van der Waals surface area (Å²) in [5.41, 5.74) is 0.0667. The lowest BCUT2D eigenvalue weighted by molar-refractivity contribution is -0.134. The number of carbonyl (C=O) groups is 1. The molecule has 0 spiro atoms. The van der Waals surface area contributed by atoms with Gasteiger partial charge in [-0.25, -0.2) is 4.79 Å². The molecule has 1 amide bonds. The highest BCUT2D eigenvalue weighted by Crippen LogP contribution is 2.33. The Labute approximate surface area is 186 Å². The number of hydrogen-bond donors (Lipinski definition) is 0. The summed E-state index contributed by atoms with van der Waals surface area (Å²) in [5.74, 6) is 0.513. The molecule has 0 radical (unpaired) electrons. The number of imidazole rings is 1. The molecule has 0 aromatic carbocycles. The highest BCUT2D eigenvalue weighted by atomic mass is 16.5. The van der Waals surface area contributed by atoms with Gasteiger partial charge in [-0.05, 0) is 45.8 Å². The Hall–Kier alpha value is -2.62. The van der Waals surface area contributed by atoms with Crippen LogP contribution in [-0.2, 0) is 18.9 Å². The van der Waals surface area contributed by atoms with Crippen molar-refractivity contribution in [3.8, 4) is 6.01 Å². The Bertz CT molecular complexity index is 1140. The first kappa shape index (κ1) is 21.2. The van der Waals surface area contributed by atoms with Crippen LogP contribution < -0.4 is 16.0 Å². The first-order chi connectivity index (χ1) is 15.3. The number of aromatic nitrogens is 4. The number of aryl methyl sites for hydroxylation is 1. The van der Waals surface area contributed by atoms with E-state index in [-0.39, 0.29) is 29.5 Å². The van der Waals surface area contributed by atoms with Gasteiger partial charge in [0.1, 0.15) is 6.10 Å². The minimum atomic E-state index is -0.394. The van der Waals surface area contributed by atoms with Crippen LogP contribution >= 0.6 is 0 Å². The molecule has 2 saturated heterocycles. The smallest absolute Gasteiger partial charge is 0.332 e. The van der Waals surface area contributed by atoms with Crippen LogP contribution in [-0.4, -0.2) is 73.7 Å². The summed E-state index contributed by atoms with van der Waals surface area (Å²) < 4.78 is 10.9. The summed E-state index contributed by atoms with van der Waals surface area (Å²) in [6.07, 6.45) is 5.23. The van der Waals surface area contributed by atoms with Gasteiger partial charge in [-0.2, -0.15) is 4.98 Å². The fourth-order valence-electron chi connectivity index (χ4n) is 5.00. The first-order valence-electron chi connectivity index (χ1n) is 11.7. The van der Waals surface area contributed by atoms with Crippen molar-refractivity contribution in [1.82, 2.24) is 28.5 Å². The highest BCUT2D eigenvalue weighted by Gasteiger charge is 2.36. The summed E-state index contributed by atoms with van der Waals surface area (Å²) in [4.78, 5) is 46.8. The Morgan fingerprint density at radius 1 is 0.906 bits per heavy atom. The molecule has 1 aliphatic carbocycles. The molecule has 32 heavy (non-hydrogen) atoms. The van der Waals surface area contributed by atoms with Gasteiger partial charge in [0, 0.05) is 52.0 Å². The molecule has 1 saturated carbocycles. The second-order valence-electron chi connectivity index (χ2n) is 9.59. The van der Waals surface area contributed by atoms with Crippen molar-refractivity contribution in [3.05, 3.63) is 20.8 Å². The number of likely N-dealkylation sites (tertiary alicyclic amines) is 2. The predicted molar refractivity (Wildman–Crippen MR) is 119 cm³/mol. The molecule has 10 nitrogen and oxygen atoms in total. The van der Waals surface area contributed by atoms with Crippen molar-refractivity contribution < 1.29 is 9.53 Å². The molecule has 174 valence electrons. The summed E-state index contributed by atoms with van der Waals surface area (Å²) in [6, 6.07) is 0.507. The third-order valence-corrected chi connectivity index (χ3v) is 7.26. The number of nitrogens with zero attached hydrogens (tertiary/aromatic N) is 6. The summed E-state index contributed by atoms with van der Waals surface area (Å²) in [5, 5.41) is 0.